The standard InChI is InChI=1S/C16H15Cl/c1-2-3-4-13-5-7-14(8-6-13)15-9-11-16(17)12-10-15/h2-3,5-12H,4H2,1H3/b3-2-. The third-order valence-electron chi connectivity index (χ3n) is 2.72. The van der Waals surface area contributed by atoms with Gasteiger partial charge in [-0.25, -0.2) is 0 Å². The minimum Gasteiger partial charge on any atom is -0.0913 e. The van der Waals surface area contributed by atoms with Crippen molar-refractivity contribution in [2.24, 2.45) is 0 Å². The predicted molar refractivity (Wildman–Crippen MR) is 75.4 cm³/mol. The Balaban J connectivity index is 2.20. The van der Waals surface area contributed by atoms with Gasteiger partial charge < -0.3 is 0 Å². The number of hydrogen-bond acceptors (Lipinski definition) is 0. The Morgan fingerprint density at radius 1 is 0.882 bits per heavy atom. The summed E-state index contributed by atoms with van der Waals surface area (Å²) in [5, 5.41) is 0.776. The van der Waals surface area contributed by atoms with Gasteiger partial charge >= 0.3 is 0 Å². The Bertz CT molecular complexity index is 492. The van der Waals surface area contributed by atoms with Crippen LogP contribution in [-0.2, 0) is 6.42 Å². The number of hydrogen-bond donors (Lipinski definition) is 0. The molecule has 0 saturated carbocycles. The Morgan fingerprint density at radius 3 is 1.94 bits per heavy atom. The summed E-state index contributed by atoms with van der Waals surface area (Å²) in [6.07, 6.45) is 5.24. The second kappa shape index (κ2) is 5.70. The lowest BCUT2D eigenvalue weighted by Gasteiger charge is -2.03. The molecule has 0 aliphatic carbocycles. The van der Waals surface area contributed by atoms with Crippen LogP contribution in [0.2, 0.25) is 5.02 Å². The first-order valence-electron chi connectivity index (χ1n) is 5.75. The van der Waals surface area contributed by atoms with Crippen molar-refractivity contribution in [2.75, 3.05) is 0 Å². The monoisotopic (exact) mass is 242 g/mol. The molecule has 0 heterocycles. The van der Waals surface area contributed by atoms with Gasteiger partial charge in [0.15, 0.2) is 0 Å². The van der Waals surface area contributed by atoms with Crippen molar-refractivity contribution in [1.82, 2.24) is 0 Å². The Hall–Kier alpha value is -1.53. The van der Waals surface area contributed by atoms with Gasteiger partial charge in [0.2, 0.25) is 0 Å². The fraction of sp³-hybridized carbons (Fsp3) is 0.125. The van der Waals surface area contributed by atoms with Crippen molar-refractivity contribution in [2.45, 2.75) is 13.3 Å². The highest BCUT2D eigenvalue weighted by molar-refractivity contribution is 6.30. The molecule has 17 heavy (non-hydrogen) atoms. The van der Waals surface area contributed by atoms with Gasteiger partial charge in [-0.05, 0) is 42.2 Å². The molecule has 0 nitrogen and oxygen atoms in total. The fourth-order valence-corrected chi connectivity index (χ4v) is 1.86. The van der Waals surface area contributed by atoms with E-state index < -0.39 is 0 Å². The predicted octanol–water partition coefficient (Wildman–Crippen LogP) is 5.13. The molecule has 0 aliphatic heterocycles. The maximum absolute atomic E-state index is 5.87. The van der Waals surface area contributed by atoms with Crippen LogP contribution in [0.5, 0.6) is 0 Å². The lowest BCUT2D eigenvalue weighted by Crippen LogP contribution is -1.82. The molecule has 0 bridgehead atoms. The van der Waals surface area contributed by atoms with Gasteiger partial charge in [0.25, 0.3) is 0 Å². The van der Waals surface area contributed by atoms with Crippen LogP contribution in [0.15, 0.2) is 60.7 Å². The summed E-state index contributed by atoms with van der Waals surface area (Å²) >= 11 is 5.87. The molecule has 0 radical (unpaired) electrons. The highest BCUT2D eigenvalue weighted by Crippen LogP contribution is 2.21. The number of benzene rings is 2. The topological polar surface area (TPSA) is 0 Å². The van der Waals surface area contributed by atoms with Crippen LogP contribution in [0.1, 0.15) is 12.5 Å². The smallest absolute Gasteiger partial charge is 0.0406 e. The molecule has 0 unspecified atom stereocenters. The van der Waals surface area contributed by atoms with E-state index in [2.05, 4.69) is 36.4 Å². The SMILES string of the molecule is C/C=C\Cc1ccc(-c2ccc(Cl)cc2)cc1. The van der Waals surface area contributed by atoms with Crippen LogP contribution in [-0.4, -0.2) is 0 Å². The zero-order valence-corrected chi connectivity index (χ0v) is 10.6. The Morgan fingerprint density at radius 2 is 1.41 bits per heavy atom. The van der Waals surface area contributed by atoms with Crippen molar-refractivity contribution in [3.63, 3.8) is 0 Å². The third-order valence-corrected chi connectivity index (χ3v) is 2.97. The van der Waals surface area contributed by atoms with Gasteiger partial charge in [0.1, 0.15) is 0 Å². The average Bonchev–Trinajstić information content (AvgIpc) is 2.38. The van der Waals surface area contributed by atoms with Gasteiger partial charge in [0.05, 0.1) is 0 Å². The van der Waals surface area contributed by atoms with E-state index in [0.29, 0.717) is 0 Å². The molecule has 1 heteroatoms. The summed E-state index contributed by atoms with van der Waals surface area (Å²) in [6.45, 7) is 2.04. The first-order chi connectivity index (χ1) is 8.29. The van der Waals surface area contributed by atoms with Crippen molar-refractivity contribution >= 4 is 11.6 Å². The molecule has 0 aliphatic rings. The first kappa shape index (κ1) is 11.9. The van der Waals surface area contributed by atoms with Crippen molar-refractivity contribution < 1.29 is 0 Å². The van der Waals surface area contributed by atoms with Crippen LogP contribution < -0.4 is 0 Å². The second-order valence-corrected chi connectivity index (χ2v) is 4.41. The largest absolute Gasteiger partial charge is 0.0913 e. The van der Waals surface area contributed by atoms with Crippen LogP contribution in [0, 0.1) is 0 Å². The summed E-state index contributed by atoms with van der Waals surface area (Å²) in [5.41, 5.74) is 3.76. The van der Waals surface area contributed by atoms with Gasteiger partial charge in [-0.15, -0.1) is 0 Å². The molecule has 2 aromatic carbocycles. The van der Waals surface area contributed by atoms with Crippen molar-refractivity contribution in [1.29, 1.82) is 0 Å². The zero-order valence-electron chi connectivity index (χ0n) is 9.86. The Kier molecular flexibility index (Phi) is 4.00. The van der Waals surface area contributed by atoms with Crippen molar-refractivity contribution in [3.8, 4) is 11.1 Å². The van der Waals surface area contributed by atoms with Gasteiger partial charge in [-0.1, -0.05) is 60.2 Å². The first-order valence-corrected chi connectivity index (χ1v) is 6.13. The lowest BCUT2D eigenvalue weighted by molar-refractivity contribution is 1.26. The molecule has 2 rings (SSSR count). The van der Waals surface area contributed by atoms with Gasteiger partial charge in [-0.2, -0.15) is 0 Å². The molecular weight excluding hydrogens is 228 g/mol. The highest BCUT2D eigenvalue weighted by atomic mass is 35.5. The van der Waals surface area contributed by atoms with Crippen LogP contribution in [0.4, 0.5) is 0 Å². The highest BCUT2D eigenvalue weighted by Gasteiger charge is 1.97. The van der Waals surface area contributed by atoms with E-state index in [-0.39, 0.29) is 0 Å². The normalized spacial score (nSPS) is 10.9. The summed E-state index contributed by atoms with van der Waals surface area (Å²) in [6, 6.07) is 16.6. The van der Waals surface area contributed by atoms with Gasteiger partial charge in [0, 0.05) is 5.02 Å². The molecule has 0 spiro atoms. The molecule has 0 fully saturated rings. The summed E-state index contributed by atoms with van der Waals surface area (Å²) in [5.74, 6) is 0. The molecule has 2 aromatic rings. The second-order valence-electron chi connectivity index (χ2n) is 3.98. The Labute approximate surface area is 108 Å². The van der Waals surface area contributed by atoms with E-state index in [0.717, 1.165) is 11.4 Å². The number of allylic oxidation sites excluding steroid dienone is 2. The zero-order chi connectivity index (χ0) is 12.1. The fourth-order valence-electron chi connectivity index (χ4n) is 1.73. The summed E-state index contributed by atoms with van der Waals surface area (Å²) < 4.78 is 0. The minimum absolute atomic E-state index is 0.776. The summed E-state index contributed by atoms with van der Waals surface area (Å²) in [7, 11) is 0. The average molecular weight is 243 g/mol. The molecule has 0 saturated heterocycles. The third kappa shape index (κ3) is 3.21. The maximum atomic E-state index is 5.87. The lowest BCUT2D eigenvalue weighted by atomic mass is 10.0. The van der Waals surface area contributed by atoms with Crippen LogP contribution in [0.3, 0.4) is 0 Å². The van der Waals surface area contributed by atoms with E-state index in [1.807, 2.05) is 31.2 Å². The summed E-state index contributed by atoms with van der Waals surface area (Å²) in [4.78, 5) is 0. The maximum Gasteiger partial charge on any atom is 0.0406 e. The molecule has 86 valence electrons. The van der Waals surface area contributed by atoms with Gasteiger partial charge in [-0.3, -0.25) is 0 Å². The van der Waals surface area contributed by atoms with Crippen LogP contribution in [0.25, 0.3) is 11.1 Å². The number of rotatable bonds is 3. The molecule has 0 N–H and O–H groups in total. The minimum atomic E-state index is 0.776. The van der Waals surface area contributed by atoms with Crippen molar-refractivity contribution in [3.05, 3.63) is 71.3 Å². The van der Waals surface area contributed by atoms with Crippen LogP contribution >= 0.6 is 11.6 Å². The van der Waals surface area contributed by atoms with E-state index in [1.165, 1.54) is 16.7 Å². The molecule has 0 atom stereocenters. The van der Waals surface area contributed by atoms with E-state index in [4.69, 9.17) is 11.6 Å². The van der Waals surface area contributed by atoms with E-state index in [1.54, 1.807) is 0 Å². The van der Waals surface area contributed by atoms with E-state index >= 15 is 0 Å². The quantitative estimate of drug-likeness (QED) is 0.655. The molecular formula is C16H15Cl. The van der Waals surface area contributed by atoms with E-state index in [9.17, 15) is 0 Å². The molecule has 0 amide bonds. The molecule has 0 aromatic heterocycles. The number of halogens is 1.